The van der Waals surface area contributed by atoms with Gasteiger partial charge in [0, 0.05) is 12.6 Å². The Morgan fingerprint density at radius 3 is 2.17 bits per heavy atom. The molecule has 4 atom stereocenters. The molecule has 2 aliphatic rings. The third kappa shape index (κ3) is 0.834. The SMILES string of the molecule is CCC(CC)C(C)C12CN1C2C. The molecule has 0 bridgehead atoms. The number of hydrogen-bond acceptors (Lipinski definition) is 1. The van der Waals surface area contributed by atoms with Gasteiger partial charge in [-0.3, -0.25) is 4.90 Å². The van der Waals surface area contributed by atoms with Crippen LogP contribution in [0.25, 0.3) is 0 Å². The first-order valence-corrected chi connectivity index (χ1v) is 5.45. The third-order valence-corrected chi connectivity index (χ3v) is 4.52. The first-order valence-electron chi connectivity index (χ1n) is 5.45. The number of hydrogen-bond donors (Lipinski definition) is 0. The van der Waals surface area contributed by atoms with Crippen LogP contribution in [0, 0.1) is 11.8 Å². The van der Waals surface area contributed by atoms with Crippen molar-refractivity contribution in [3.63, 3.8) is 0 Å². The molecule has 4 unspecified atom stereocenters. The largest absolute Gasteiger partial charge is 0.288 e. The van der Waals surface area contributed by atoms with Gasteiger partial charge < -0.3 is 0 Å². The summed E-state index contributed by atoms with van der Waals surface area (Å²) in [6.07, 6.45) is 2.72. The first-order chi connectivity index (χ1) is 5.68. The predicted octanol–water partition coefficient (Wildman–Crippen LogP) is 2.52. The van der Waals surface area contributed by atoms with Gasteiger partial charge >= 0.3 is 0 Å². The summed E-state index contributed by atoms with van der Waals surface area (Å²) in [5.41, 5.74) is 0.691. The Balaban J connectivity index is 1.96. The van der Waals surface area contributed by atoms with E-state index < -0.39 is 0 Å². The van der Waals surface area contributed by atoms with Crippen LogP contribution in [0.4, 0.5) is 0 Å². The lowest BCUT2D eigenvalue weighted by atomic mass is 9.80. The topological polar surface area (TPSA) is 3.01 Å². The molecule has 0 aromatic heterocycles. The van der Waals surface area contributed by atoms with Gasteiger partial charge in [-0.05, 0) is 18.8 Å². The van der Waals surface area contributed by atoms with E-state index in [1.165, 1.54) is 19.4 Å². The fraction of sp³-hybridized carbons (Fsp3) is 1.00. The minimum absolute atomic E-state index is 0.691. The number of nitrogens with zero attached hydrogens (tertiary/aromatic N) is 1. The highest BCUT2D eigenvalue weighted by atomic mass is 15.6. The molecular weight excluding hydrogens is 146 g/mol. The van der Waals surface area contributed by atoms with E-state index in [1.54, 1.807) is 0 Å². The van der Waals surface area contributed by atoms with E-state index in [1.807, 2.05) is 0 Å². The highest BCUT2D eigenvalue weighted by Crippen LogP contribution is 2.62. The van der Waals surface area contributed by atoms with Crippen LogP contribution in [0.15, 0.2) is 0 Å². The van der Waals surface area contributed by atoms with Crippen LogP contribution >= 0.6 is 0 Å². The van der Waals surface area contributed by atoms with E-state index in [0.29, 0.717) is 5.54 Å². The van der Waals surface area contributed by atoms with E-state index >= 15 is 0 Å². The zero-order valence-corrected chi connectivity index (χ0v) is 8.80. The lowest BCUT2D eigenvalue weighted by Crippen LogP contribution is -2.26. The van der Waals surface area contributed by atoms with Gasteiger partial charge in [-0.15, -0.1) is 0 Å². The minimum Gasteiger partial charge on any atom is -0.288 e. The van der Waals surface area contributed by atoms with Crippen molar-refractivity contribution >= 4 is 0 Å². The molecule has 0 amide bonds. The molecule has 2 aliphatic heterocycles. The van der Waals surface area contributed by atoms with Gasteiger partial charge in [-0.2, -0.15) is 0 Å². The summed E-state index contributed by atoms with van der Waals surface area (Å²) in [6, 6.07) is 0.910. The van der Waals surface area contributed by atoms with Crippen molar-refractivity contribution in [1.29, 1.82) is 0 Å². The standard InChI is InChI=1S/C11H21N/c1-5-10(6-2)8(3)11-7-12(11)9(11)4/h8-10H,5-7H2,1-4H3. The maximum atomic E-state index is 2.63. The minimum atomic E-state index is 0.691. The fourth-order valence-electron chi connectivity index (χ4n) is 3.16. The van der Waals surface area contributed by atoms with Crippen LogP contribution in [-0.2, 0) is 0 Å². The van der Waals surface area contributed by atoms with Crippen molar-refractivity contribution in [3.05, 3.63) is 0 Å². The lowest BCUT2D eigenvalue weighted by Gasteiger charge is -2.23. The Kier molecular flexibility index (Phi) is 1.76. The summed E-state index contributed by atoms with van der Waals surface area (Å²) in [5, 5.41) is 0. The average Bonchev–Trinajstić information content (AvgIpc) is 2.92. The molecular formula is C11H21N. The molecule has 0 N–H and O–H groups in total. The van der Waals surface area contributed by atoms with Crippen molar-refractivity contribution in [2.24, 2.45) is 11.8 Å². The molecule has 2 saturated heterocycles. The van der Waals surface area contributed by atoms with Crippen molar-refractivity contribution in [3.8, 4) is 0 Å². The number of rotatable bonds is 4. The number of fused-ring (bicyclic) bond motifs is 1. The molecule has 12 heavy (non-hydrogen) atoms. The van der Waals surface area contributed by atoms with Crippen molar-refractivity contribution in [2.45, 2.75) is 52.1 Å². The van der Waals surface area contributed by atoms with Gasteiger partial charge in [-0.1, -0.05) is 33.6 Å². The Labute approximate surface area is 76.1 Å². The second kappa shape index (κ2) is 2.47. The second-order valence-electron chi connectivity index (χ2n) is 4.66. The van der Waals surface area contributed by atoms with Crippen LogP contribution in [0.5, 0.6) is 0 Å². The van der Waals surface area contributed by atoms with Gasteiger partial charge in [0.05, 0.1) is 5.54 Å². The van der Waals surface area contributed by atoms with E-state index in [-0.39, 0.29) is 0 Å². The van der Waals surface area contributed by atoms with Gasteiger partial charge in [-0.25, -0.2) is 0 Å². The molecule has 0 saturated carbocycles. The molecule has 0 spiro atoms. The molecule has 0 aliphatic carbocycles. The van der Waals surface area contributed by atoms with Crippen molar-refractivity contribution in [1.82, 2.24) is 4.90 Å². The van der Waals surface area contributed by atoms with E-state index in [0.717, 1.165) is 17.9 Å². The van der Waals surface area contributed by atoms with Crippen molar-refractivity contribution in [2.75, 3.05) is 6.54 Å². The summed E-state index contributed by atoms with van der Waals surface area (Å²) in [4.78, 5) is 2.63. The van der Waals surface area contributed by atoms with Crippen LogP contribution in [0.1, 0.15) is 40.5 Å². The smallest absolute Gasteiger partial charge is 0.0521 e. The quantitative estimate of drug-likeness (QED) is 0.581. The molecule has 2 rings (SSSR count). The average molecular weight is 167 g/mol. The zero-order valence-electron chi connectivity index (χ0n) is 8.80. The van der Waals surface area contributed by atoms with Crippen LogP contribution < -0.4 is 0 Å². The summed E-state index contributed by atoms with van der Waals surface area (Å²) < 4.78 is 0. The zero-order chi connectivity index (χ0) is 8.93. The summed E-state index contributed by atoms with van der Waals surface area (Å²) in [7, 11) is 0. The van der Waals surface area contributed by atoms with E-state index in [4.69, 9.17) is 0 Å². The highest BCUT2D eigenvalue weighted by molar-refractivity contribution is 5.33. The maximum Gasteiger partial charge on any atom is 0.0521 e. The normalized spacial score (nSPS) is 45.8. The molecule has 2 fully saturated rings. The molecule has 0 radical (unpaired) electrons. The van der Waals surface area contributed by atoms with Crippen LogP contribution in [0.2, 0.25) is 0 Å². The van der Waals surface area contributed by atoms with E-state index in [9.17, 15) is 0 Å². The predicted molar refractivity (Wildman–Crippen MR) is 52.1 cm³/mol. The summed E-state index contributed by atoms with van der Waals surface area (Å²) >= 11 is 0. The van der Waals surface area contributed by atoms with Crippen LogP contribution in [0.3, 0.4) is 0 Å². The van der Waals surface area contributed by atoms with Crippen LogP contribution in [-0.4, -0.2) is 23.0 Å². The van der Waals surface area contributed by atoms with Gasteiger partial charge in [0.1, 0.15) is 0 Å². The van der Waals surface area contributed by atoms with Gasteiger partial charge in [0.25, 0.3) is 0 Å². The summed E-state index contributed by atoms with van der Waals surface area (Å²) in [6.45, 7) is 10.9. The Morgan fingerprint density at radius 2 is 1.92 bits per heavy atom. The van der Waals surface area contributed by atoms with E-state index in [2.05, 4.69) is 32.6 Å². The molecule has 70 valence electrons. The first kappa shape index (κ1) is 8.55. The monoisotopic (exact) mass is 167 g/mol. The Morgan fingerprint density at radius 1 is 1.42 bits per heavy atom. The fourth-order valence-corrected chi connectivity index (χ4v) is 3.16. The molecule has 1 heteroatoms. The lowest BCUT2D eigenvalue weighted by molar-refractivity contribution is 0.302. The molecule has 0 aromatic carbocycles. The molecule has 2 heterocycles. The van der Waals surface area contributed by atoms with Gasteiger partial charge in [0.2, 0.25) is 0 Å². The molecule has 0 aromatic rings. The molecule has 1 nitrogen and oxygen atoms in total. The Hall–Kier alpha value is -0.0400. The summed E-state index contributed by atoms with van der Waals surface area (Å²) in [5.74, 6) is 1.89. The van der Waals surface area contributed by atoms with Crippen molar-refractivity contribution < 1.29 is 0 Å². The van der Waals surface area contributed by atoms with Gasteiger partial charge in [0.15, 0.2) is 0 Å². The third-order valence-electron chi connectivity index (χ3n) is 4.52. The second-order valence-corrected chi connectivity index (χ2v) is 4.66. The Bertz CT molecular complexity index is 179. The highest BCUT2D eigenvalue weighted by Gasteiger charge is 2.77. The maximum absolute atomic E-state index is 2.63.